The lowest BCUT2D eigenvalue weighted by atomic mass is 10.1. The van der Waals surface area contributed by atoms with E-state index in [0.29, 0.717) is 16.5 Å². The van der Waals surface area contributed by atoms with E-state index < -0.39 is 0 Å². The molecule has 0 bridgehead atoms. The van der Waals surface area contributed by atoms with Gasteiger partial charge in [-0.25, -0.2) is 4.39 Å². The molecule has 0 fully saturated rings. The van der Waals surface area contributed by atoms with Crippen molar-refractivity contribution < 1.29 is 9.50 Å². The Bertz CT molecular complexity index is 293. The van der Waals surface area contributed by atoms with E-state index >= 15 is 0 Å². The molecule has 4 heteroatoms. The third kappa shape index (κ3) is 2.49. The molecule has 0 spiro atoms. The standard InChI is InChI=1S/C9H11BrFNO/c10-9-6(8(12)4-5-13)2-1-3-7(9)11/h1-3,8,13H,4-5,12H2/t8-/m0/s1. The number of hydrogen-bond acceptors (Lipinski definition) is 2. The summed E-state index contributed by atoms with van der Waals surface area (Å²) in [5.41, 5.74) is 6.41. The summed E-state index contributed by atoms with van der Waals surface area (Å²) in [7, 11) is 0. The molecular weight excluding hydrogens is 237 g/mol. The molecule has 0 saturated heterocycles. The van der Waals surface area contributed by atoms with Gasteiger partial charge in [0.15, 0.2) is 0 Å². The van der Waals surface area contributed by atoms with Gasteiger partial charge >= 0.3 is 0 Å². The summed E-state index contributed by atoms with van der Waals surface area (Å²) < 4.78 is 13.4. The van der Waals surface area contributed by atoms with Crippen molar-refractivity contribution in [3.8, 4) is 0 Å². The summed E-state index contributed by atoms with van der Waals surface area (Å²) in [6.07, 6.45) is 0.433. The van der Waals surface area contributed by atoms with Crippen molar-refractivity contribution in [2.45, 2.75) is 12.5 Å². The lowest BCUT2D eigenvalue weighted by Gasteiger charge is -2.12. The minimum atomic E-state index is -0.328. The van der Waals surface area contributed by atoms with Crippen LogP contribution >= 0.6 is 15.9 Å². The smallest absolute Gasteiger partial charge is 0.137 e. The lowest BCUT2D eigenvalue weighted by Crippen LogP contribution is -2.12. The SMILES string of the molecule is N[C@@H](CCO)c1cccc(F)c1Br. The highest BCUT2D eigenvalue weighted by molar-refractivity contribution is 9.10. The van der Waals surface area contributed by atoms with E-state index in [2.05, 4.69) is 15.9 Å². The van der Waals surface area contributed by atoms with Gasteiger partial charge < -0.3 is 10.8 Å². The highest BCUT2D eigenvalue weighted by atomic mass is 79.9. The van der Waals surface area contributed by atoms with E-state index in [1.165, 1.54) is 6.07 Å². The lowest BCUT2D eigenvalue weighted by molar-refractivity contribution is 0.276. The number of aliphatic hydroxyl groups is 1. The predicted octanol–water partition coefficient (Wildman–Crippen LogP) is 1.97. The van der Waals surface area contributed by atoms with Gasteiger partial charge in [-0.05, 0) is 34.0 Å². The summed E-state index contributed by atoms with van der Waals surface area (Å²) in [5, 5.41) is 8.67. The van der Waals surface area contributed by atoms with Crippen LogP contribution in [0.5, 0.6) is 0 Å². The van der Waals surface area contributed by atoms with Crippen LogP contribution in [0.2, 0.25) is 0 Å². The van der Waals surface area contributed by atoms with Crippen LogP contribution in [0.25, 0.3) is 0 Å². The Morgan fingerprint density at radius 1 is 1.54 bits per heavy atom. The Kier molecular flexibility index (Phi) is 3.84. The summed E-state index contributed by atoms with van der Waals surface area (Å²) in [6.45, 7) is 0.00409. The topological polar surface area (TPSA) is 46.2 Å². The van der Waals surface area contributed by atoms with Gasteiger partial charge in [0.25, 0.3) is 0 Å². The van der Waals surface area contributed by atoms with Gasteiger partial charge in [-0.15, -0.1) is 0 Å². The van der Waals surface area contributed by atoms with Crippen LogP contribution in [0.1, 0.15) is 18.0 Å². The van der Waals surface area contributed by atoms with Crippen molar-refractivity contribution in [1.82, 2.24) is 0 Å². The number of benzene rings is 1. The average Bonchev–Trinajstić information content (AvgIpc) is 2.10. The monoisotopic (exact) mass is 247 g/mol. The second-order valence-corrected chi connectivity index (χ2v) is 3.55. The molecule has 13 heavy (non-hydrogen) atoms. The second-order valence-electron chi connectivity index (χ2n) is 2.76. The Balaban J connectivity index is 2.93. The molecule has 0 aromatic heterocycles. The number of halogens is 2. The van der Waals surface area contributed by atoms with Gasteiger partial charge in [-0.3, -0.25) is 0 Å². The molecule has 1 aromatic carbocycles. The molecule has 1 atom stereocenters. The summed E-state index contributed by atoms with van der Waals surface area (Å²) in [5.74, 6) is -0.328. The first-order chi connectivity index (χ1) is 6.16. The Hall–Kier alpha value is -0.450. The summed E-state index contributed by atoms with van der Waals surface area (Å²) in [6, 6.07) is 4.38. The van der Waals surface area contributed by atoms with Crippen molar-refractivity contribution in [1.29, 1.82) is 0 Å². The molecule has 3 N–H and O–H groups in total. The molecule has 72 valence electrons. The van der Waals surface area contributed by atoms with Gasteiger partial charge in [0, 0.05) is 12.6 Å². The van der Waals surface area contributed by atoms with E-state index in [1.807, 2.05) is 0 Å². The number of aliphatic hydroxyl groups excluding tert-OH is 1. The Labute approximate surface area is 84.7 Å². The van der Waals surface area contributed by atoms with E-state index in [0.717, 1.165) is 0 Å². The first-order valence-electron chi connectivity index (χ1n) is 3.97. The van der Waals surface area contributed by atoms with Crippen LogP contribution in [-0.4, -0.2) is 11.7 Å². The molecular formula is C9H11BrFNO. The van der Waals surface area contributed by atoms with Crippen molar-refractivity contribution in [3.63, 3.8) is 0 Å². The third-order valence-electron chi connectivity index (χ3n) is 1.82. The fourth-order valence-corrected chi connectivity index (χ4v) is 1.66. The maximum Gasteiger partial charge on any atom is 0.137 e. The average molecular weight is 248 g/mol. The summed E-state index contributed by atoms with van der Waals surface area (Å²) in [4.78, 5) is 0. The van der Waals surface area contributed by atoms with E-state index in [1.54, 1.807) is 12.1 Å². The van der Waals surface area contributed by atoms with E-state index in [9.17, 15) is 4.39 Å². The maximum absolute atomic E-state index is 13.0. The molecule has 0 aliphatic carbocycles. The maximum atomic E-state index is 13.0. The van der Waals surface area contributed by atoms with Crippen LogP contribution in [0.15, 0.2) is 22.7 Å². The Morgan fingerprint density at radius 2 is 2.23 bits per heavy atom. The van der Waals surface area contributed by atoms with Crippen LogP contribution in [0, 0.1) is 5.82 Å². The zero-order valence-electron chi connectivity index (χ0n) is 7.00. The fraction of sp³-hybridized carbons (Fsp3) is 0.333. The van der Waals surface area contributed by atoms with Gasteiger partial charge in [-0.1, -0.05) is 12.1 Å². The van der Waals surface area contributed by atoms with Gasteiger partial charge in [-0.2, -0.15) is 0 Å². The van der Waals surface area contributed by atoms with Crippen LogP contribution in [0.3, 0.4) is 0 Å². The first-order valence-corrected chi connectivity index (χ1v) is 4.76. The molecule has 1 rings (SSSR count). The van der Waals surface area contributed by atoms with Gasteiger partial charge in [0.2, 0.25) is 0 Å². The highest BCUT2D eigenvalue weighted by Crippen LogP contribution is 2.26. The molecule has 0 radical (unpaired) electrons. The molecule has 0 aliphatic rings. The molecule has 0 saturated carbocycles. The van der Waals surface area contributed by atoms with Crippen molar-refractivity contribution >= 4 is 15.9 Å². The minimum absolute atomic E-state index is 0.00409. The van der Waals surface area contributed by atoms with Crippen molar-refractivity contribution in [3.05, 3.63) is 34.1 Å². The molecule has 0 amide bonds. The van der Waals surface area contributed by atoms with E-state index in [-0.39, 0.29) is 18.5 Å². The molecule has 2 nitrogen and oxygen atoms in total. The van der Waals surface area contributed by atoms with Crippen molar-refractivity contribution in [2.75, 3.05) is 6.61 Å². The quantitative estimate of drug-likeness (QED) is 0.858. The number of nitrogens with two attached hydrogens (primary N) is 1. The van der Waals surface area contributed by atoms with Crippen LogP contribution in [-0.2, 0) is 0 Å². The molecule has 0 heterocycles. The number of hydrogen-bond donors (Lipinski definition) is 2. The van der Waals surface area contributed by atoms with Crippen LogP contribution in [0.4, 0.5) is 4.39 Å². The molecule has 1 aromatic rings. The van der Waals surface area contributed by atoms with Gasteiger partial charge in [0.05, 0.1) is 4.47 Å². The molecule has 0 unspecified atom stereocenters. The van der Waals surface area contributed by atoms with Crippen LogP contribution < -0.4 is 5.73 Å². The predicted molar refractivity (Wildman–Crippen MR) is 52.7 cm³/mol. The first kappa shape index (κ1) is 10.6. The minimum Gasteiger partial charge on any atom is -0.396 e. The largest absolute Gasteiger partial charge is 0.396 e. The van der Waals surface area contributed by atoms with Crippen molar-refractivity contribution in [2.24, 2.45) is 5.73 Å². The number of rotatable bonds is 3. The molecule has 0 aliphatic heterocycles. The van der Waals surface area contributed by atoms with E-state index in [4.69, 9.17) is 10.8 Å². The Morgan fingerprint density at radius 3 is 2.85 bits per heavy atom. The van der Waals surface area contributed by atoms with Gasteiger partial charge in [0.1, 0.15) is 5.82 Å². The fourth-order valence-electron chi connectivity index (χ4n) is 1.10. The zero-order chi connectivity index (χ0) is 9.84. The summed E-state index contributed by atoms with van der Waals surface area (Å²) >= 11 is 3.11. The normalized spacial score (nSPS) is 12.9. The third-order valence-corrected chi connectivity index (χ3v) is 2.66. The zero-order valence-corrected chi connectivity index (χ0v) is 8.59. The second kappa shape index (κ2) is 4.69. The highest BCUT2D eigenvalue weighted by Gasteiger charge is 2.11.